The number of alkyl halides is 3. The molecule has 9 nitrogen and oxygen atoms in total. The molecule has 1 atom stereocenters. The van der Waals surface area contributed by atoms with Crippen molar-refractivity contribution in [2.75, 3.05) is 50.5 Å². The van der Waals surface area contributed by atoms with Crippen molar-refractivity contribution < 1.29 is 37.0 Å². The molecule has 3 amide bonds. The van der Waals surface area contributed by atoms with E-state index in [-0.39, 0.29) is 31.6 Å². The monoisotopic (exact) mass is 554 g/mol. The molecule has 0 saturated carbocycles. The molecule has 208 valence electrons. The molecule has 0 fully saturated rings. The summed E-state index contributed by atoms with van der Waals surface area (Å²) in [5.41, 5.74) is -0.0388. The van der Waals surface area contributed by atoms with Gasteiger partial charge in [-0.2, -0.15) is 13.2 Å². The van der Waals surface area contributed by atoms with Crippen molar-refractivity contribution in [3.05, 3.63) is 47.7 Å². The number of anilines is 2. The fraction of sp³-hybridized carbons (Fsp3) is 0.480. The van der Waals surface area contributed by atoms with Gasteiger partial charge in [-0.15, -0.1) is 0 Å². The van der Waals surface area contributed by atoms with E-state index in [1.807, 2.05) is 0 Å². The Hall–Kier alpha value is -3.16. The van der Waals surface area contributed by atoms with Crippen LogP contribution in [0.25, 0.3) is 0 Å². The molecule has 0 spiro atoms. The molecule has 1 aliphatic rings. The van der Waals surface area contributed by atoms with Gasteiger partial charge in [-0.05, 0) is 23.7 Å². The summed E-state index contributed by atoms with van der Waals surface area (Å²) in [6.45, 7) is 6.88. The highest BCUT2D eigenvalue weighted by molar-refractivity contribution is 6.76. The number of carbonyl (C=O) groups is 2. The number of rotatable bonds is 10. The van der Waals surface area contributed by atoms with Gasteiger partial charge in [-0.25, -0.2) is 9.78 Å². The summed E-state index contributed by atoms with van der Waals surface area (Å²) < 4.78 is 55.2. The van der Waals surface area contributed by atoms with Gasteiger partial charge in [0.25, 0.3) is 0 Å². The number of fused-ring (bicyclic) bond motifs is 1. The van der Waals surface area contributed by atoms with Gasteiger partial charge < -0.3 is 19.5 Å². The Balaban J connectivity index is 1.82. The van der Waals surface area contributed by atoms with Gasteiger partial charge in [0.2, 0.25) is 5.91 Å². The molecule has 38 heavy (non-hydrogen) atoms. The molecule has 2 heterocycles. The minimum absolute atomic E-state index is 0.00115. The van der Waals surface area contributed by atoms with Crippen LogP contribution in [-0.4, -0.2) is 65.7 Å². The zero-order valence-electron chi connectivity index (χ0n) is 22.1. The van der Waals surface area contributed by atoms with Crippen molar-refractivity contribution in [1.29, 1.82) is 0 Å². The highest BCUT2D eigenvalue weighted by Gasteiger charge is 2.36. The summed E-state index contributed by atoms with van der Waals surface area (Å²) in [5.74, 6) is 0.238. The maximum atomic E-state index is 13.3. The SMILES string of the molecule is COCC(NC(=O)N1CC(=O)N(COCC[Si](C)(C)C)c2cc(OC)cnc21)c1ccc(C(F)(F)F)cc1. The van der Waals surface area contributed by atoms with Crippen molar-refractivity contribution in [1.82, 2.24) is 10.3 Å². The van der Waals surface area contributed by atoms with Gasteiger partial charge in [-0.3, -0.25) is 14.6 Å². The van der Waals surface area contributed by atoms with Gasteiger partial charge in [0.1, 0.15) is 19.0 Å². The summed E-state index contributed by atoms with van der Waals surface area (Å²) in [5, 5.41) is 2.75. The van der Waals surface area contributed by atoms with Crippen LogP contribution in [0.15, 0.2) is 36.5 Å². The Morgan fingerprint density at radius 1 is 1.18 bits per heavy atom. The highest BCUT2D eigenvalue weighted by atomic mass is 28.3. The second-order valence-corrected chi connectivity index (χ2v) is 15.7. The number of benzene rings is 1. The third-order valence-electron chi connectivity index (χ3n) is 5.93. The van der Waals surface area contributed by atoms with Crippen LogP contribution < -0.4 is 19.9 Å². The molecule has 1 unspecified atom stereocenters. The summed E-state index contributed by atoms with van der Waals surface area (Å²) in [4.78, 5) is 33.4. The molecule has 1 aromatic carbocycles. The van der Waals surface area contributed by atoms with E-state index >= 15 is 0 Å². The Labute approximate surface area is 220 Å². The van der Waals surface area contributed by atoms with Crippen LogP contribution in [-0.2, 0) is 20.4 Å². The van der Waals surface area contributed by atoms with Crippen LogP contribution >= 0.6 is 0 Å². The van der Waals surface area contributed by atoms with Gasteiger partial charge in [0.05, 0.1) is 37.2 Å². The number of halogens is 3. The van der Waals surface area contributed by atoms with Crippen molar-refractivity contribution in [2.45, 2.75) is 37.9 Å². The number of aromatic nitrogens is 1. The molecular formula is C25H33F3N4O5Si. The number of hydrogen-bond donors (Lipinski definition) is 1. The van der Waals surface area contributed by atoms with E-state index in [1.165, 1.54) is 42.3 Å². The van der Waals surface area contributed by atoms with E-state index in [1.54, 1.807) is 6.07 Å². The van der Waals surface area contributed by atoms with Gasteiger partial charge in [0, 0.05) is 27.9 Å². The van der Waals surface area contributed by atoms with Crippen LogP contribution in [0.1, 0.15) is 17.2 Å². The lowest BCUT2D eigenvalue weighted by molar-refractivity contribution is -0.137. The fourth-order valence-corrected chi connectivity index (χ4v) is 4.50. The van der Waals surface area contributed by atoms with E-state index in [0.717, 1.165) is 18.2 Å². The fourth-order valence-electron chi connectivity index (χ4n) is 3.74. The number of hydrogen-bond acceptors (Lipinski definition) is 6. The van der Waals surface area contributed by atoms with Crippen LogP contribution in [0, 0.1) is 0 Å². The smallest absolute Gasteiger partial charge is 0.416 e. The summed E-state index contributed by atoms with van der Waals surface area (Å²) in [7, 11) is 1.55. The third-order valence-corrected chi connectivity index (χ3v) is 7.64. The Morgan fingerprint density at radius 2 is 1.87 bits per heavy atom. The first-order chi connectivity index (χ1) is 17.8. The van der Waals surface area contributed by atoms with Crippen LogP contribution in [0.4, 0.5) is 29.5 Å². The molecule has 13 heteroatoms. The molecule has 0 radical (unpaired) electrons. The number of amides is 3. The van der Waals surface area contributed by atoms with E-state index < -0.39 is 31.9 Å². The molecule has 1 aliphatic heterocycles. The van der Waals surface area contributed by atoms with E-state index in [2.05, 4.69) is 29.9 Å². The average molecular weight is 555 g/mol. The first-order valence-corrected chi connectivity index (χ1v) is 15.7. The molecule has 1 aromatic heterocycles. The second kappa shape index (κ2) is 12.1. The number of urea groups is 1. The van der Waals surface area contributed by atoms with E-state index in [9.17, 15) is 22.8 Å². The summed E-state index contributed by atoms with van der Waals surface area (Å²) >= 11 is 0. The number of methoxy groups -OCH3 is 2. The van der Waals surface area contributed by atoms with Gasteiger partial charge in [0.15, 0.2) is 5.82 Å². The first-order valence-electron chi connectivity index (χ1n) is 12.0. The quantitative estimate of drug-likeness (QED) is 0.339. The van der Waals surface area contributed by atoms with Crippen molar-refractivity contribution in [3.63, 3.8) is 0 Å². The molecule has 0 bridgehead atoms. The van der Waals surface area contributed by atoms with Crippen molar-refractivity contribution in [2.24, 2.45) is 0 Å². The van der Waals surface area contributed by atoms with Crippen LogP contribution in [0.3, 0.4) is 0 Å². The predicted molar refractivity (Wildman–Crippen MR) is 139 cm³/mol. The molecular weight excluding hydrogens is 521 g/mol. The summed E-state index contributed by atoms with van der Waals surface area (Å²) in [6, 6.07) is 5.56. The first kappa shape index (κ1) is 29.4. The number of carbonyl (C=O) groups excluding carboxylic acids is 2. The van der Waals surface area contributed by atoms with Gasteiger partial charge >= 0.3 is 12.2 Å². The summed E-state index contributed by atoms with van der Waals surface area (Å²) in [6.07, 6.45) is -3.05. The number of nitrogens with one attached hydrogen (secondary N) is 1. The maximum Gasteiger partial charge on any atom is 0.416 e. The Kier molecular flexibility index (Phi) is 9.39. The lowest BCUT2D eigenvalue weighted by Crippen LogP contribution is -2.53. The van der Waals surface area contributed by atoms with Crippen LogP contribution in [0.2, 0.25) is 25.7 Å². The number of nitrogens with zero attached hydrogens (tertiary/aromatic N) is 3. The molecule has 2 aromatic rings. The predicted octanol–water partition coefficient (Wildman–Crippen LogP) is 4.67. The Bertz CT molecular complexity index is 1130. The molecule has 0 aliphatic carbocycles. The zero-order valence-corrected chi connectivity index (χ0v) is 23.1. The zero-order chi connectivity index (χ0) is 28.1. The average Bonchev–Trinajstić information content (AvgIpc) is 2.85. The second-order valence-electron chi connectivity index (χ2n) is 10.1. The van der Waals surface area contributed by atoms with Crippen LogP contribution in [0.5, 0.6) is 5.75 Å². The van der Waals surface area contributed by atoms with E-state index in [0.29, 0.717) is 23.6 Å². The van der Waals surface area contributed by atoms with Crippen molar-refractivity contribution >= 4 is 31.5 Å². The highest BCUT2D eigenvalue weighted by Crippen LogP contribution is 2.35. The number of ether oxygens (including phenoxy) is 3. The van der Waals surface area contributed by atoms with Crippen molar-refractivity contribution in [3.8, 4) is 5.75 Å². The topological polar surface area (TPSA) is 93.2 Å². The molecule has 1 N–H and O–H groups in total. The maximum absolute atomic E-state index is 13.3. The standard InChI is InChI=1S/C25H33F3N4O5Si/c1-35-15-20(17-6-8-18(9-7-17)25(26,27)28)30-24(34)31-14-22(33)32(16-37-10-11-38(3,4)5)21-12-19(36-2)13-29-23(21)31/h6-9,12-13,20H,10-11,14-16H2,1-5H3,(H,30,34). The van der Waals surface area contributed by atoms with Gasteiger partial charge in [-0.1, -0.05) is 31.8 Å². The minimum Gasteiger partial charge on any atom is -0.495 e. The largest absolute Gasteiger partial charge is 0.495 e. The molecule has 3 rings (SSSR count). The normalized spacial score (nSPS) is 14.8. The lowest BCUT2D eigenvalue weighted by Gasteiger charge is -2.35. The lowest BCUT2D eigenvalue weighted by atomic mass is 10.1. The minimum atomic E-state index is -4.48. The number of pyridine rings is 1. The Morgan fingerprint density at radius 3 is 2.45 bits per heavy atom. The molecule has 0 saturated heterocycles. The third kappa shape index (κ3) is 7.45. The van der Waals surface area contributed by atoms with E-state index in [4.69, 9.17) is 14.2 Å².